The van der Waals surface area contributed by atoms with Crippen molar-refractivity contribution in [1.82, 2.24) is 0 Å². The van der Waals surface area contributed by atoms with E-state index in [2.05, 4.69) is 6.92 Å². The summed E-state index contributed by atoms with van der Waals surface area (Å²) < 4.78 is 43.5. The minimum atomic E-state index is -4.58. The van der Waals surface area contributed by atoms with Gasteiger partial charge in [-0.25, -0.2) is 0 Å². The minimum Gasteiger partial charge on any atom is -0.465 e. The van der Waals surface area contributed by atoms with Gasteiger partial charge in [-0.2, -0.15) is 13.2 Å². The second-order valence-electron chi connectivity index (χ2n) is 6.61. The van der Waals surface area contributed by atoms with Crippen molar-refractivity contribution in [3.63, 3.8) is 0 Å². The first-order valence-electron chi connectivity index (χ1n) is 8.69. The minimum absolute atomic E-state index is 0.0836. The van der Waals surface area contributed by atoms with Crippen LogP contribution in [0.15, 0.2) is 0 Å². The summed E-state index contributed by atoms with van der Waals surface area (Å²) in [6, 6.07) is -2.15. The molecule has 0 rings (SSSR count). The van der Waals surface area contributed by atoms with E-state index < -0.39 is 24.1 Å². The average Bonchev–Trinajstić information content (AvgIpc) is 2.46. The molecule has 3 nitrogen and oxygen atoms in total. The van der Waals surface area contributed by atoms with E-state index in [1.165, 1.54) is 6.42 Å². The van der Waals surface area contributed by atoms with Crippen molar-refractivity contribution < 1.29 is 22.7 Å². The molecule has 2 atom stereocenters. The lowest BCUT2D eigenvalue weighted by atomic mass is 9.93. The van der Waals surface area contributed by atoms with E-state index in [0.29, 0.717) is 6.42 Å². The number of hydrogen-bond donors (Lipinski definition) is 1. The maximum Gasteiger partial charge on any atom is 0.404 e. The predicted molar refractivity (Wildman–Crippen MR) is 85.9 cm³/mol. The predicted octanol–water partition coefficient (Wildman–Crippen LogP) is 4.83. The molecule has 0 heterocycles. The van der Waals surface area contributed by atoms with E-state index in [1.54, 1.807) is 0 Å². The summed E-state index contributed by atoms with van der Waals surface area (Å²) in [5, 5.41) is 0. The maximum atomic E-state index is 12.8. The lowest BCUT2D eigenvalue weighted by Gasteiger charge is -2.24. The van der Waals surface area contributed by atoms with Crippen molar-refractivity contribution in [2.45, 2.75) is 84.4 Å². The number of alkyl halides is 3. The fourth-order valence-corrected chi connectivity index (χ4v) is 2.35. The van der Waals surface area contributed by atoms with Crippen LogP contribution in [0.5, 0.6) is 0 Å². The second-order valence-corrected chi connectivity index (χ2v) is 6.61. The van der Waals surface area contributed by atoms with E-state index in [4.69, 9.17) is 10.5 Å². The molecule has 0 spiro atoms. The van der Waals surface area contributed by atoms with Crippen molar-refractivity contribution in [1.29, 1.82) is 0 Å². The normalized spacial score (nSPS) is 14.8. The van der Waals surface area contributed by atoms with E-state index in [0.717, 1.165) is 32.1 Å². The fraction of sp³-hybridized carbons (Fsp3) is 0.941. The van der Waals surface area contributed by atoms with Gasteiger partial charge in [0.2, 0.25) is 0 Å². The summed E-state index contributed by atoms with van der Waals surface area (Å²) in [4.78, 5) is 11.9. The topological polar surface area (TPSA) is 52.3 Å². The van der Waals surface area contributed by atoms with Crippen LogP contribution in [0.4, 0.5) is 13.2 Å². The maximum absolute atomic E-state index is 12.8. The Morgan fingerprint density at radius 1 is 1.04 bits per heavy atom. The highest BCUT2D eigenvalue weighted by atomic mass is 19.4. The number of carbonyl (C=O) groups excluding carboxylic acids is 1. The number of carbonyl (C=O) groups is 1. The molecule has 0 aliphatic rings. The molecule has 6 heteroatoms. The molecule has 0 radical (unpaired) electrons. The smallest absolute Gasteiger partial charge is 0.404 e. The molecular weight excluding hydrogens is 307 g/mol. The van der Waals surface area contributed by atoms with Crippen molar-refractivity contribution in [3.8, 4) is 0 Å². The van der Waals surface area contributed by atoms with Crippen molar-refractivity contribution in [3.05, 3.63) is 0 Å². The highest BCUT2D eigenvalue weighted by molar-refractivity contribution is 5.73. The van der Waals surface area contributed by atoms with Gasteiger partial charge in [-0.1, -0.05) is 65.7 Å². The molecule has 0 amide bonds. The Balaban J connectivity index is 4.36. The zero-order valence-corrected chi connectivity index (χ0v) is 14.6. The van der Waals surface area contributed by atoms with Crippen molar-refractivity contribution >= 4 is 5.97 Å². The number of esters is 1. The van der Waals surface area contributed by atoms with Crippen LogP contribution in [0.3, 0.4) is 0 Å². The molecule has 0 fully saturated rings. The largest absolute Gasteiger partial charge is 0.465 e. The van der Waals surface area contributed by atoms with Crippen LogP contribution in [0.1, 0.15) is 72.1 Å². The molecule has 2 N–H and O–H groups in total. The first kappa shape index (κ1) is 22.2. The molecule has 23 heavy (non-hydrogen) atoms. The van der Waals surface area contributed by atoms with Crippen LogP contribution in [-0.4, -0.2) is 24.8 Å². The van der Waals surface area contributed by atoms with Crippen LogP contribution in [-0.2, 0) is 9.53 Å². The molecule has 0 bridgehead atoms. The first-order chi connectivity index (χ1) is 10.7. The molecular formula is C17H32F3NO2. The summed E-state index contributed by atoms with van der Waals surface area (Å²) in [5.74, 6) is -2.04. The van der Waals surface area contributed by atoms with E-state index in [1.807, 2.05) is 13.8 Å². The molecule has 0 unspecified atom stereocenters. The number of hydrogen-bond acceptors (Lipinski definition) is 3. The van der Waals surface area contributed by atoms with E-state index in [9.17, 15) is 18.0 Å². The van der Waals surface area contributed by atoms with E-state index >= 15 is 0 Å². The molecule has 0 saturated carbocycles. The lowest BCUT2D eigenvalue weighted by molar-refractivity contribution is -0.177. The lowest BCUT2D eigenvalue weighted by Crippen LogP contribution is -2.47. The highest BCUT2D eigenvalue weighted by Crippen LogP contribution is 2.28. The first-order valence-corrected chi connectivity index (χ1v) is 8.69. The second kappa shape index (κ2) is 11.7. The van der Waals surface area contributed by atoms with Crippen molar-refractivity contribution in [2.75, 3.05) is 6.61 Å². The third-order valence-electron chi connectivity index (χ3n) is 3.79. The van der Waals surface area contributed by atoms with Gasteiger partial charge in [0, 0.05) is 0 Å². The third-order valence-corrected chi connectivity index (χ3v) is 3.79. The number of ether oxygens (including phenoxy) is 1. The Labute approximate surface area is 138 Å². The van der Waals surface area contributed by atoms with Crippen LogP contribution in [0.25, 0.3) is 0 Å². The van der Waals surface area contributed by atoms with Gasteiger partial charge in [-0.15, -0.1) is 0 Å². The van der Waals surface area contributed by atoms with Gasteiger partial charge in [-0.05, 0) is 12.3 Å². The number of halogens is 3. The monoisotopic (exact) mass is 339 g/mol. The molecule has 0 aliphatic carbocycles. The highest BCUT2D eigenvalue weighted by Gasteiger charge is 2.45. The fourth-order valence-electron chi connectivity index (χ4n) is 2.35. The Morgan fingerprint density at radius 2 is 1.57 bits per heavy atom. The quantitative estimate of drug-likeness (QED) is 0.409. The summed E-state index contributed by atoms with van der Waals surface area (Å²) in [6.07, 6.45) is 2.50. The van der Waals surface area contributed by atoms with Crippen LogP contribution >= 0.6 is 0 Å². The Morgan fingerprint density at radius 3 is 2.04 bits per heavy atom. The van der Waals surface area contributed by atoms with Crippen molar-refractivity contribution in [2.24, 2.45) is 17.6 Å². The molecule has 138 valence electrons. The van der Waals surface area contributed by atoms with Gasteiger partial charge in [-0.3, -0.25) is 4.79 Å². The molecule has 0 aliphatic heterocycles. The summed E-state index contributed by atoms with van der Waals surface area (Å²) in [5.41, 5.74) is 5.26. The molecule has 0 saturated heterocycles. The molecule has 0 aromatic heterocycles. The number of nitrogens with two attached hydrogens (primary N) is 1. The number of rotatable bonds is 12. The van der Waals surface area contributed by atoms with E-state index in [-0.39, 0.29) is 18.9 Å². The van der Waals surface area contributed by atoms with Gasteiger partial charge in [0.05, 0.1) is 12.5 Å². The summed E-state index contributed by atoms with van der Waals surface area (Å²) >= 11 is 0. The SMILES string of the molecule is CCCCCCCCC[C@@H](C(=O)OCC(C)C)[C@@H](N)C(F)(F)F. The van der Waals surface area contributed by atoms with Gasteiger partial charge in [0.15, 0.2) is 0 Å². The van der Waals surface area contributed by atoms with Crippen LogP contribution < -0.4 is 5.73 Å². The number of unbranched alkanes of at least 4 members (excludes halogenated alkanes) is 6. The van der Waals surface area contributed by atoms with Gasteiger partial charge < -0.3 is 10.5 Å². The van der Waals surface area contributed by atoms with Gasteiger partial charge >= 0.3 is 12.1 Å². The Bertz CT molecular complexity index is 319. The van der Waals surface area contributed by atoms with Crippen LogP contribution in [0, 0.1) is 11.8 Å². The van der Waals surface area contributed by atoms with Gasteiger partial charge in [0.25, 0.3) is 0 Å². The summed E-state index contributed by atoms with van der Waals surface area (Å²) in [6.45, 7) is 5.92. The standard InChI is InChI=1S/C17H32F3NO2/c1-4-5-6-7-8-9-10-11-14(15(21)17(18,19)20)16(22)23-12-13(2)3/h13-15H,4-12,21H2,1-3H3/t14-,15-/m1/s1. The zero-order chi connectivity index (χ0) is 17.9. The Kier molecular flexibility index (Phi) is 11.3. The zero-order valence-electron chi connectivity index (χ0n) is 14.6. The Hall–Kier alpha value is -0.780. The third kappa shape index (κ3) is 10.6. The molecule has 0 aromatic rings. The summed E-state index contributed by atoms with van der Waals surface area (Å²) in [7, 11) is 0. The van der Waals surface area contributed by atoms with Gasteiger partial charge in [0.1, 0.15) is 6.04 Å². The van der Waals surface area contributed by atoms with Crippen LogP contribution in [0.2, 0.25) is 0 Å². The average molecular weight is 339 g/mol. The molecule has 0 aromatic carbocycles.